The fourth-order valence-corrected chi connectivity index (χ4v) is 9.64. The number of anilines is 6. The Hall–Kier alpha value is -7.16. The van der Waals surface area contributed by atoms with E-state index in [4.69, 9.17) is 0 Å². The molecule has 0 aliphatic heterocycles. The van der Waals surface area contributed by atoms with Gasteiger partial charge in [0.25, 0.3) is 0 Å². The molecule has 2 nitrogen and oxygen atoms in total. The van der Waals surface area contributed by atoms with Crippen molar-refractivity contribution in [3.05, 3.63) is 215 Å². The summed E-state index contributed by atoms with van der Waals surface area (Å²) in [5, 5.41) is 7.52. The van der Waals surface area contributed by atoms with Crippen LogP contribution in [0, 0.1) is 27.7 Å². The normalized spacial score (nSPS) is 11.5. The second-order valence-corrected chi connectivity index (χ2v) is 16.9. The highest BCUT2D eigenvalue weighted by Gasteiger charge is 2.24. The van der Waals surface area contributed by atoms with Gasteiger partial charge in [-0.05, 0) is 166 Å². The number of hydrogen-bond acceptors (Lipinski definition) is 2. The second-order valence-electron chi connectivity index (χ2n) is 16.9. The fourth-order valence-electron chi connectivity index (χ4n) is 9.64. The van der Waals surface area contributed by atoms with Gasteiger partial charge in [0.15, 0.2) is 0 Å². The second kappa shape index (κ2) is 16.0. The monoisotopic (exact) mass is 800 g/mol. The van der Waals surface area contributed by atoms with Gasteiger partial charge in [0, 0.05) is 33.5 Å². The first kappa shape index (κ1) is 39.0. The zero-order valence-electron chi connectivity index (χ0n) is 36.6. The summed E-state index contributed by atoms with van der Waals surface area (Å²) in [6, 6.07) is 68.2. The van der Waals surface area contributed by atoms with Gasteiger partial charge < -0.3 is 9.80 Å². The molecule has 0 N–H and O–H groups in total. The first-order valence-electron chi connectivity index (χ1n) is 22.1. The summed E-state index contributed by atoms with van der Waals surface area (Å²) in [5.41, 5.74) is 19.6. The number of benzene rings is 10. The van der Waals surface area contributed by atoms with Gasteiger partial charge in [-0.15, -0.1) is 0 Å². The van der Waals surface area contributed by atoms with E-state index in [-0.39, 0.29) is 0 Å². The Morgan fingerprint density at radius 1 is 0.339 bits per heavy atom. The molecular formula is C60H52N2. The quantitative estimate of drug-likeness (QED) is 0.127. The van der Waals surface area contributed by atoms with Crippen LogP contribution in [-0.4, -0.2) is 0 Å². The molecule has 0 saturated carbocycles. The Kier molecular flexibility index (Phi) is 10.1. The predicted molar refractivity (Wildman–Crippen MR) is 268 cm³/mol. The van der Waals surface area contributed by atoms with E-state index in [0.717, 1.165) is 24.2 Å². The molecule has 2 heteroatoms. The molecule has 0 unspecified atom stereocenters. The molecule has 0 saturated heterocycles. The van der Waals surface area contributed by atoms with Crippen LogP contribution in [0.2, 0.25) is 0 Å². The van der Waals surface area contributed by atoms with Crippen molar-refractivity contribution in [1.29, 1.82) is 0 Å². The first-order valence-corrected chi connectivity index (χ1v) is 22.1. The lowest BCUT2D eigenvalue weighted by atomic mass is 9.91. The number of hydrogen-bond donors (Lipinski definition) is 0. The lowest BCUT2D eigenvalue weighted by molar-refractivity contribution is 1.13. The van der Waals surface area contributed by atoms with E-state index in [1.165, 1.54) is 111 Å². The number of rotatable bonds is 10. The number of aryl methyl sites for hydroxylation is 6. The van der Waals surface area contributed by atoms with Crippen molar-refractivity contribution in [2.24, 2.45) is 0 Å². The van der Waals surface area contributed by atoms with Crippen LogP contribution in [0.5, 0.6) is 0 Å². The molecule has 302 valence electrons. The number of nitrogens with zero attached hydrogens (tertiary/aromatic N) is 2. The van der Waals surface area contributed by atoms with Gasteiger partial charge in [-0.1, -0.05) is 147 Å². The lowest BCUT2D eigenvalue weighted by Crippen LogP contribution is -2.13. The van der Waals surface area contributed by atoms with Crippen molar-refractivity contribution >= 4 is 66.4 Å². The van der Waals surface area contributed by atoms with Gasteiger partial charge in [-0.25, -0.2) is 0 Å². The molecule has 0 spiro atoms. The highest BCUT2D eigenvalue weighted by atomic mass is 15.2. The maximum absolute atomic E-state index is 2.51. The topological polar surface area (TPSA) is 6.48 Å². The standard InChI is InChI=1S/C60H52N2/c1-7-43-17-13-19-49(35-43)61(57-37-47(25-23-41(57)5)51-21-11-9-15-39(51)3)55-33-29-45-28-32-54-56(34-30-46-27-31-53(55)59(45)60(46)54)62(50-20-14-18-44(8-2)36-50)58-38-48(26-24-42(58)6)52-22-12-10-16-40(52)4/h9-38H,7-8H2,1-6H3. The third kappa shape index (κ3) is 6.77. The Labute approximate surface area is 366 Å². The third-order valence-corrected chi connectivity index (χ3v) is 13.1. The Morgan fingerprint density at radius 2 is 0.758 bits per heavy atom. The zero-order chi connectivity index (χ0) is 42.5. The minimum Gasteiger partial charge on any atom is -0.310 e. The maximum Gasteiger partial charge on any atom is 0.0540 e. The van der Waals surface area contributed by atoms with Gasteiger partial charge in [0.05, 0.1) is 11.4 Å². The van der Waals surface area contributed by atoms with Gasteiger partial charge in [0.1, 0.15) is 0 Å². The average Bonchev–Trinajstić information content (AvgIpc) is 3.31. The van der Waals surface area contributed by atoms with Crippen LogP contribution in [0.4, 0.5) is 34.1 Å². The highest BCUT2D eigenvalue weighted by molar-refractivity contribution is 6.28. The summed E-state index contributed by atoms with van der Waals surface area (Å²) < 4.78 is 0. The van der Waals surface area contributed by atoms with Crippen molar-refractivity contribution in [1.82, 2.24) is 0 Å². The van der Waals surface area contributed by atoms with E-state index in [2.05, 4.69) is 233 Å². The van der Waals surface area contributed by atoms with E-state index in [1.807, 2.05) is 0 Å². The smallest absolute Gasteiger partial charge is 0.0540 e. The molecule has 10 aromatic carbocycles. The van der Waals surface area contributed by atoms with Gasteiger partial charge in [0.2, 0.25) is 0 Å². The van der Waals surface area contributed by atoms with Gasteiger partial charge >= 0.3 is 0 Å². The summed E-state index contributed by atoms with van der Waals surface area (Å²) in [6.45, 7) is 13.4. The molecule has 0 aromatic heterocycles. The summed E-state index contributed by atoms with van der Waals surface area (Å²) >= 11 is 0. The van der Waals surface area contributed by atoms with Gasteiger partial charge in [-0.2, -0.15) is 0 Å². The molecule has 0 radical (unpaired) electrons. The van der Waals surface area contributed by atoms with Crippen molar-refractivity contribution in [3.8, 4) is 22.3 Å². The van der Waals surface area contributed by atoms with Crippen LogP contribution in [-0.2, 0) is 12.8 Å². The fraction of sp³-hybridized carbons (Fsp3) is 0.133. The first-order chi connectivity index (χ1) is 30.3. The van der Waals surface area contributed by atoms with Crippen LogP contribution in [0.3, 0.4) is 0 Å². The molecule has 0 fully saturated rings. The molecule has 0 heterocycles. The van der Waals surface area contributed by atoms with Gasteiger partial charge in [-0.3, -0.25) is 0 Å². The summed E-state index contributed by atoms with van der Waals surface area (Å²) in [4.78, 5) is 5.01. The lowest BCUT2D eigenvalue weighted by Gasteiger charge is -2.31. The molecule has 0 bridgehead atoms. The van der Waals surface area contributed by atoms with E-state index in [0.29, 0.717) is 0 Å². The molecule has 10 rings (SSSR count). The van der Waals surface area contributed by atoms with Crippen LogP contribution in [0.15, 0.2) is 182 Å². The molecule has 0 amide bonds. The Balaban J connectivity index is 1.23. The van der Waals surface area contributed by atoms with Crippen LogP contribution >= 0.6 is 0 Å². The highest BCUT2D eigenvalue weighted by Crippen LogP contribution is 2.49. The third-order valence-electron chi connectivity index (χ3n) is 13.1. The van der Waals surface area contributed by atoms with E-state index < -0.39 is 0 Å². The van der Waals surface area contributed by atoms with Crippen molar-refractivity contribution in [2.45, 2.75) is 54.4 Å². The van der Waals surface area contributed by atoms with Crippen molar-refractivity contribution in [3.63, 3.8) is 0 Å². The maximum atomic E-state index is 2.51. The van der Waals surface area contributed by atoms with Crippen molar-refractivity contribution in [2.75, 3.05) is 9.80 Å². The minimum absolute atomic E-state index is 0.968. The molecule has 62 heavy (non-hydrogen) atoms. The largest absolute Gasteiger partial charge is 0.310 e. The Morgan fingerprint density at radius 3 is 1.18 bits per heavy atom. The summed E-state index contributed by atoms with van der Waals surface area (Å²) in [5.74, 6) is 0. The van der Waals surface area contributed by atoms with Crippen LogP contribution < -0.4 is 9.80 Å². The molecule has 0 aliphatic carbocycles. The molecule has 0 atom stereocenters. The van der Waals surface area contributed by atoms with Crippen molar-refractivity contribution < 1.29 is 0 Å². The van der Waals surface area contributed by atoms with Crippen LogP contribution in [0.25, 0.3) is 54.6 Å². The predicted octanol–water partition coefficient (Wildman–Crippen LogP) is 17.2. The molecular weight excluding hydrogens is 749 g/mol. The Bertz CT molecular complexity index is 3060. The molecule has 0 aliphatic rings. The average molecular weight is 801 g/mol. The zero-order valence-corrected chi connectivity index (χ0v) is 36.6. The van der Waals surface area contributed by atoms with Crippen LogP contribution in [0.1, 0.15) is 47.2 Å². The van der Waals surface area contributed by atoms with E-state index >= 15 is 0 Å². The summed E-state index contributed by atoms with van der Waals surface area (Å²) in [7, 11) is 0. The molecule has 10 aromatic rings. The van der Waals surface area contributed by atoms with E-state index in [9.17, 15) is 0 Å². The SMILES string of the molecule is CCc1cccc(N(c2cc(-c3ccccc3C)ccc2C)c2ccc3ccc4c(N(c5cccc(CC)c5)c5cc(-c6ccccc6C)ccc5C)ccc5ccc2c3c54)c1. The van der Waals surface area contributed by atoms with E-state index in [1.54, 1.807) is 0 Å². The minimum atomic E-state index is 0.968. The summed E-state index contributed by atoms with van der Waals surface area (Å²) in [6.07, 6.45) is 1.94.